The summed E-state index contributed by atoms with van der Waals surface area (Å²) in [7, 11) is 0. The van der Waals surface area contributed by atoms with Crippen LogP contribution in [0.2, 0.25) is 0 Å². The Morgan fingerprint density at radius 1 is 1.14 bits per heavy atom. The largest absolute Gasteiger partial charge is 0.416 e. The number of Topliss-reactive ketones (excluding diaryl/α,β-unsaturated/α-hetero) is 1. The first-order valence-corrected chi connectivity index (χ1v) is 7.88. The van der Waals surface area contributed by atoms with Crippen molar-refractivity contribution in [3.8, 4) is 0 Å². The summed E-state index contributed by atoms with van der Waals surface area (Å²) in [6.07, 6.45) is -1.84. The van der Waals surface area contributed by atoms with Gasteiger partial charge in [-0.2, -0.15) is 13.2 Å². The quantitative estimate of drug-likeness (QED) is 0.614. The number of hydrogen-bond acceptors (Lipinski definition) is 1. The normalized spacial score (nSPS) is 26.7. The predicted molar refractivity (Wildman–Crippen MR) is 79.1 cm³/mol. The summed E-state index contributed by atoms with van der Waals surface area (Å²) in [5.41, 5.74) is -0.623. The molecule has 0 aliphatic heterocycles. The molecule has 0 saturated heterocycles. The number of alkyl halides is 3. The van der Waals surface area contributed by atoms with Crippen molar-refractivity contribution >= 4 is 21.7 Å². The van der Waals surface area contributed by atoms with Crippen molar-refractivity contribution in [1.82, 2.24) is 0 Å². The molecule has 0 amide bonds. The number of carbonyl (C=O) groups is 1. The lowest BCUT2D eigenvalue weighted by molar-refractivity contribution is -0.137. The summed E-state index contributed by atoms with van der Waals surface area (Å²) in [6, 6.07) is 3.27. The molecular weight excluding hydrogens is 345 g/mol. The van der Waals surface area contributed by atoms with Crippen LogP contribution in [0.15, 0.2) is 22.7 Å². The van der Waals surface area contributed by atoms with E-state index in [0.29, 0.717) is 16.3 Å². The first-order chi connectivity index (χ1) is 9.68. The van der Waals surface area contributed by atoms with E-state index in [0.717, 1.165) is 31.4 Å². The van der Waals surface area contributed by atoms with Gasteiger partial charge in [0.05, 0.1) is 5.56 Å². The predicted octanol–water partition coefficient (Wildman–Crippen LogP) is 5.72. The minimum absolute atomic E-state index is 0.149. The molecule has 1 saturated carbocycles. The fourth-order valence-electron chi connectivity index (χ4n) is 3.27. The van der Waals surface area contributed by atoms with Crippen LogP contribution in [0.25, 0.3) is 0 Å². The van der Waals surface area contributed by atoms with E-state index in [1.165, 1.54) is 6.07 Å². The van der Waals surface area contributed by atoms with Crippen LogP contribution in [-0.2, 0) is 6.18 Å². The van der Waals surface area contributed by atoms with Crippen molar-refractivity contribution in [2.45, 2.75) is 39.3 Å². The Labute approximate surface area is 131 Å². The van der Waals surface area contributed by atoms with Gasteiger partial charge in [-0.05, 0) is 49.3 Å². The van der Waals surface area contributed by atoms with E-state index in [1.54, 1.807) is 0 Å². The molecule has 0 bridgehead atoms. The van der Waals surface area contributed by atoms with Crippen molar-refractivity contribution in [2.24, 2.45) is 17.8 Å². The van der Waals surface area contributed by atoms with Crippen molar-refractivity contribution in [2.75, 3.05) is 0 Å². The summed E-state index contributed by atoms with van der Waals surface area (Å²) >= 11 is 3.21. The molecule has 1 aliphatic carbocycles. The van der Waals surface area contributed by atoms with Crippen LogP contribution in [-0.4, -0.2) is 5.78 Å². The van der Waals surface area contributed by atoms with Gasteiger partial charge in [0.15, 0.2) is 5.78 Å². The first kappa shape index (κ1) is 16.5. The number of halogens is 4. The lowest BCUT2D eigenvalue weighted by Gasteiger charge is -2.30. The highest BCUT2D eigenvalue weighted by Crippen LogP contribution is 2.37. The third kappa shape index (κ3) is 3.87. The van der Waals surface area contributed by atoms with Crippen molar-refractivity contribution < 1.29 is 18.0 Å². The lowest BCUT2D eigenvalue weighted by atomic mass is 9.74. The van der Waals surface area contributed by atoms with Crippen LogP contribution in [0, 0.1) is 17.8 Å². The first-order valence-electron chi connectivity index (χ1n) is 7.09. The van der Waals surface area contributed by atoms with Crippen LogP contribution >= 0.6 is 15.9 Å². The van der Waals surface area contributed by atoms with Gasteiger partial charge >= 0.3 is 6.18 Å². The number of ketones is 1. The standard InChI is InChI=1S/C16H18BrF3O/c1-9-5-10(2)7-11(6-9)15(21)13-8-12(16(18,19)20)3-4-14(13)17/h3-4,8-11H,5-7H2,1-2H3. The molecule has 1 aliphatic rings. The summed E-state index contributed by atoms with van der Waals surface area (Å²) in [6.45, 7) is 4.19. The van der Waals surface area contributed by atoms with Gasteiger partial charge in [-0.25, -0.2) is 0 Å². The Bertz CT molecular complexity index is 529. The average Bonchev–Trinajstić information content (AvgIpc) is 2.36. The molecule has 1 aromatic rings. The lowest BCUT2D eigenvalue weighted by Crippen LogP contribution is -2.26. The monoisotopic (exact) mass is 362 g/mol. The molecule has 0 aromatic heterocycles. The molecule has 0 N–H and O–H groups in total. The zero-order valence-electron chi connectivity index (χ0n) is 12.0. The van der Waals surface area contributed by atoms with Crippen LogP contribution < -0.4 is 0 Å². The van der Waals surface area contributed by atoms with E-state index in [2.05, 4.69) is 29.8 Å². The summed E-state index contributed by atoms with van der Waals surface area (Å²) in [4.78, 5) is 12.6. The molecular formula is C16H18BrF3O. The molecule has 2 unspecified atom stereocenters. The molecule has 0 spiro atoms. The van der Waals surface area contributed by atoms with E-state index in [9.17, 15) is 18.0 Å². The maximum Gasteiger partial charge on any atom is 0.416 e. The minimum atomic E-state index is -4.43. The number of benzene rings is 1. The Kier molecular flexibility index (Phi) is 4.81. The molecule has 21 heavy (non-hydrogen) atoms. The van der Waals surface area contributed by atoms with Gasteiger partial charge in [0.1, 0.15) is 0 Å². The maximum atomic E-state index is 12.8. The number of carbonyl (C=O) groups excluding carboxylic acids is 1. The highest BCUT2D eigenvalue weighted by atomic mass is 79.9. The summed E-state index contributed by atoms with van der Waals surface area (Å²) in [5.74, 6) is 0.523. The molecule has 0 radical (unpaired) electrons. The van der Waals surface area contributed by atoms with Gasteiger partial charge < -0.3 is 0 Å². The van der Waals surface area contributed by atoms with Crippen LogP contribution in [0.5, 0.6) is 0 Å². The van der Waals surface area contributed by atoms with Gasteiger partial charge in [-0.1, -0.05) is 29.8 Å². The fourth-order valence-corrected chi connectivity index (χ4v) is 3.71. The van der Waals surface area contributed by atoms with Crippen molar-refractivity contribution in [1.29, 1.82) is 0 Å². The van der Waals surface area contributed by atoms with Crippen LogP contribution in [0.1, 0.15) is 49.0 Å². The molecule has 0 heterocycles. The second kappa shape index (κ2) is 6.11. The second-order valence-electron chi connectivity index (χ2n) is 6.17. The molecule has 1 aromatic carbocycles. The zero-order valence-corrected chi connectivity index (χ0v) is 13.6. The Balaban J connectivity index is 2.30. The maximum absolute atomic E-state index is 12.8. The van der Waals surface area contributed by atoms with Gasteiger partial charge in [0, 0.05) is 16.0 Å². The highest BCUT2D eigenvalue weighted by molar-refractivity contribution is 9.10. The van der Waals surface area contributed by atoms with Gasteiger partial charge in [-0.3, -0.25) is 4.79 Å². The SMILES string of the molecule is CC1CC(C)CC(C(=O)c2cc(C(F)(F)F)ccc2Br)C1. The smallest absolute Gasteiger partial charge is 0.294 e. The molecule has 2 atom stereocenters. The van der Waals surface area contributed by atoms with Crippen LogP contribution in [0.3, 0.4) is 0 Å². The molecule has 1 nitrogen and oxygen atoms in total. The number of rotatable bonds is 2. The molecule has 1 fully saturated rings. The highest BCUT2D eigenvalue weighted by Gasteiger charge is 2.34. The third-order valence-electron chi connectivity index (χ3n) is 4.11. The number of hydrogen-bond donors (Lipinski definition) is 0. The zero-order chi connectivity index (χ0) is 15.8. The van der Waals surface area contributed by atoms with Gasteiger partial charge in [-0.15, -0.1) is 0 Å². The third-order valence-corrected chi connectivity index (χ3v) is 4.80. The second-order valence-corrected chi connectivity index (χ2v) is 7.03. The van der Waals surface area contributed by atoms with Gasteiger partial charge in [0.2, 0.25) is 0 Å². The van der Waals surface area contributed by atoms with Crippen molar-refractivity contribution in [3.05, 3.63) is 33.8 Å². The minimum Gasteiger partial charge on any atom is -0.294 e. The Morgan fingerprint density at radius 3 is 2.24 bits per heavy atom. The van der Waals surface area contributed by atoms with E-state index in [-0.39, 0.29) is 17.3 Å². The van der Waals surface area contributed by atoms with E-state index < -0.39 is 11.7 Å². The summed E-state index contributed by atoms with van der Waals surface area (Å²) < 4.78 is 38.8. The van der Waals surface area contributed by atoms with Crippen LogP contribution in [0.4, 0.5) is 13.2 Å². The van der Waals surface area contributed by atoms with Crippen molar-refractivity contribution in [3.63, 3.8) is 0 Å². The molecule has 2 rings (SSSR count). The topological polar surface area (TPSA) is 17.1 Å². The molecule has 5 heteroatoms. The van der Waals surface area contributed by atoms with Gasteiger partial charge in [0.25, 0.3) is 0 Å². The average molecular weight is 363 g/mol. The van der Waals surface area contributed by atoms with E-state index >= 15 is 0 Å². The van der Waals surface area contributed by atoms with E-state index in [4.69, 9.17) is 0 Å². The summed E-state index contributed by atoms with van der Waals surface area (Å²) in [5, 5.41) is 0. The Hall–Kier alpha value is -0.840. The fraction of sp³-hybridized carbons (Fsp3) is 0.562. The Morgan fingerprint density at radius 2 is 1.71 bits per heavy atom. The van der Waals surface area contributed by atoms with E-state index in [1.807, 2.05) is 0 Å². The molecule has 116 valence electrons.